The molecule has 1 amide bonds. The van der Waals surface area contributed by atoms with Gasteiger partial charge in [0.15, 0.2) is 17.3 Å². The van der Waals surface area contributed by atoms with Crippen molar-refractivity contribution >= 4 is 38.9 Å². The van der Waals surface area contributed by atoms with Crippen LogP contribution in [-0.4, -0.2) is 111 Å². The van der Waals surface area contributed by atoms with Crippen molar-refractivity contribution in [1.29, 1.82) is 0 Å². The molecule has 3 atom stereocenters. The molecule has 3 saturated heterocycles. The Labute approximate surface area is 444 Å². The van der Waals surface area contributed by atoms with Gasteiger partial charge in [0.25, 0.3) is 21.8 Å². The van der Waals surface area contributed by atoms with Crippen LogP contribution in [0.3, 0.4) is 0 Å². The van der Waals surface area contributed by atoms with Crippen molar-refractivity contribution in [3.63, 3.8) is 0 Å². The molecule has 5 heterocycles. The molecule has 4 N–H and O–H groups in total. The lowest BCUT2D eigenvalue weighted by Gasteiger charge is -2.59. The fourth-order valence-corrected chi connectivity index (χ4v) is 13.1. The lowest BCUT2D eigenvalue weighted by Crippen LogP contribution is -2.98. The van der Waals surface area contributed by atoms with Crippen molar-refractivity contribution < 1.29 is 41.6 Å². The van der Waals surface area contributed by atoms with Crippen LogP contribution in [0.1, 0.15) is 116 Å². The number of fused-ring (bicyclic) bond motifs is 1. The predicted molar refractivity (Wildman–Crippen MR) is 289 cm³/mol. The first-order valence-corrected chi connectivity index (χ1v) is 28.2. The number of likely N-dealkylation sites (tertiary alicyclic amines) is 2. The van der Waals surface area contributed by atoms with Gasteiger partial charge in [-0.2, -0.15) is 0 Å². The lowest BCUT2D eigenvalue weighted by molar-refractivity contribution is -0.751. The van der Waals surface area contributed by atoms with Crippen LogP contribution in [0, 0.1) is 22.4 Å². The molecule has 76 heavy (non-hydrogen) atoms. The second kappa shape index (κ2) is 21.8. The molecule has 2 aliphatic carbocycles. The number of pyridine rings is 2. The van der Waals surface area contributed by atoms with Gasteiger partial charge in [0, 0.05) is 94.1 Å². The van der Waals surface area contributed by atoms with Crippen molar-refractivity contribution in [2.24, 2.45) is 11.3 Å². The summed E-state index contributed by atoms with van der Waals surface area (Å²) < 4.78 is 71.0. The van der Waals surface area contributed by atoms with Gasteiger partial charge in [-0.3, -0.25) is 14.6 Å². The number of hydrogen-bond acceptors (Lipinski definition) is 13. The monoisotopic (exact) mass is 1060 g/mol. The molecule has 18 heteroatoms. The highest BCUT2D eigenvalue weighted by Crippen LogP contribution is 2.47. The number of carbonyl (C=O) groups is 1. The van der Waals surface area contributed by atoms with Crippen LogP contribution in [0.15, 0.2) is 96.0 Å². The van der Waals surface area contributed by atoms with E-state index in [9.17, 15) is 32.3 Å². The highest BCUT2D eigenvalue weighted by atomic mass is 32.2. The number of anilines is 2. The van der Waals surface area contributed by atoms with Crippen LogP contribution >= 0.6 is 0 Å². The minimum absolute atomic E-state index is 0.00700. The van der Waals surface area contributed by atoms with E-state index in [4.69, 9.17) is 9.47 Å². The van der Waals surface area contributed by atoms with Gasteiger partial charge in [0.2, 0.25) is 0 Å². The van der Waals surface area contributed by atoms with Crippen molar-refractivity contribution in [2.75, 3.05) is 70.2 Å². The van der Waals surface area contributed by atoms with Gasteiger partial charge in [-0.1, -0.05) is 50.2 Å². The molecule has 404 valence electrons. The topological polar surface area (TPSA) is 177 Å². The molecule has 5 aliphatic rings. The summed E-state index contributed by atoms with van der Waals surface area (Å²) in [5.74, 6) is -0.390. The van der Waals surface area contributed by atoms with Gasteiger partial charge in [-0.25, -0.2) is 31.9 Å². The molecule has 3 aromatic carbocycles. The summed E-state index contributed by atoms with van der Waals surface area (Å²) in [6.07, 6.45) is 8.62. The Morgan fingerprint density at radius 1 is 0.961 bits per heavy atom. The number of methoxy groups -OCH3 is 1. The number of carbonyl (C=O) groups excluding carboxylic acids is 1. The fraction of sp³-hybridized carbons (Fsp3) is 0.466. The van der Waals surface area contributed by atoms with Gasteiger partial charge in [-0.05, 0) is 122 Å². The Morgan fingerprint density at radius 3 is 2.41 bits per heavy atom. The minimum Gasteiger partial charge on any atom is -0.629 e. The van der Waals surface area contributed by atoms with Gasteiger partial charge >= 0.3 is 0 Å². The number of allylic oxidation sites excluding steroid dienone is 1. The van der Waals surface area contributed by atoms with Crippen LogP contribution in [0.4, 0.5) is 26.0 Å². The lowest BCUT2D eigenvalue weighted by atomic mass is 9.69. The summed E-state index contributed by atoms with van der Waals surface area (Å²) in [5.41, 5.74) is 4.76. The van der Waals surface area contributed by atoms with E-state index in [1.54, 1.807) is 24.3 Å². The highest BCUT2D eigenvalue weighted by Gasteiger charge is 2.49. The van der Waals surface area contributed by atoms with Crippen LogP contribution in [0.25, 0.3) is 5.83 Å². The second-order valence-electron chi connectivity index (χ2n) is 22.4. The van der Waals surface area contributed by atoms with E-state index in [0.29, 0.717) is 43.0 Å². The molecule has 4 fully saturated rings. The summed E-state index contributed by atoms with van der Waals surface area (Å²) in [6, 6.07) is 23.8. The standard InChI is InChI=1S/C58H70F2N8O7S/c1-37(2)43-8-6-7-9-44(43)47-34-66(33-39-10-12-40(59)13-11-39)25-20-50(47)68-35-58(36-68)23-26-67(27-24-58)41-14-15-45(52(28-41)75-53-30-46-48(60)16-17-49(46)63-56(53)74-5)55(69)64-76(72,73)42-29-51(65(4)71)54(62-32-42)61-31-38-18-21-57(3,70)22-19-38/h6-16,28-30,32,37-38,47,50,65,70H,17-27,31,33-36H2,1-5H3,(H,61,62)(H,64,69)/t38-,47?,50?,57-. The number of rotatable bonds is 16. The summed E-state index contributed by atoms with van der Waals surface area (Å²) in [6.45, 7) is 13.0. The zero-order valence-corrected chi connectivity index (χ0v) is 44.9. The van der Waals surface area contributed by atoms with Gasteiger partial charge in [-0.15, -0.1) is 0 Å². The number of aliphatic hydroxyl groups is 1. The summed E-state index contributed by atoms with van der Waals surface area (Å²) in [7, 11) is -1.86. The SMILES string of the molecule is COc1nc2c(cc1Oc1cc(N3CCC4(CC3)CN(C3CCN(Cc5ccc(F)cc5)CC3c3ccccc3C(C)C)C4)ccc1C(=O)NS(=O)(=O)c1cnc(NC[C@H]3CC[C@](C)(O)CC3)c([NH+](C)[O-])c1)C(F)=CC2. The smallest absolute Gasteiger partial charge is 0.268 e. The predicted octanol–water partition coefficient (Wildman–Crippen LogP) is 8.48. The number of nitrogens with one attached hydrogen (secondary N) is 3. The van der Waals surface area contributed by atoms with Crippen molar-refractivity contribution in [1.82, 2.24) is 24.5 Å². The summed E-state index contributed by atoms with van der Waals surface area (Å²) >= 11 is 0. The maximum atomic E-state index is 15.0. The number of hydroxylamine groups is 1. The number of amides is 1. The Morgan fingerprint density at radius 2 is 1.70 bits per heavy atom. The zero-order valence-electron chi connectivity index (χ0n) is 44.1. The molecule has 5 aromatic rings. The van der Waals surface area contributed by atoms with E-state index in [1.807, 2.05) is 19.1 Å². The number of sulfonamides is 1. The first kappa shape index (κ1) is 53.4. The molecule has 0 radical (unpaired) electrons. The third-order valence-electron chi connectivity index (χ3n) is 16.6. The first-order chi connectivity index (χ1) is 36.4. The molecule has 3 aliphatic heterocycles. The number of aromatic nitrogens is 2. The highest BCUT2D eigenvalue weighted by molar-refractivity contribution is 7.90. The number of halogens is 2. The molecule has 1 saturated carbocycles. The molecule has 2 aromatic heterocycles. The van der Waals surface area contributed by atoms with Crippen LogP contribution in [0.5, 0.6) is 17.4 Å². The van der Waals surface area contributed by atoms with E-state index in [-0.39, 0.29) is 68.5 Å². The number of piperidine rings is 2. The van der Waals surface area contributed by atoms with Crippen molar-refractivity contribution in [3.05, 3.63) is 136 Å². The number of hydrogen-bond donors (Lipinski definition) is 4. The first-order valence-electron chi connectivity index (χ1n) is 26.7. The molecule has 0 bridgehead atoms. The fourth-order valence-electron chi connectivity index (χ4n) is 12.2. The third-order valence-corrected chi connectivity index (χ3v) is 17.9. The van der Waals surface area contributed by atoms with E-state index in [1.165, 1.54) is 49.6 Å². The van der Waals surface area contributed by atoms with Gasteiger partial charge in [0.05, 0.1) is 37.2 Å². The molecule has 1 spiro atoms. The molecule has 15 nitrogen and oxygen atoms in total. The summed E-state index contributed by atoms with van der Waals surface area (Å²) in [4.78, 5) is 30.2. The maximum Gasteiger partial charge on any atom is 0.268 e. The quantitative estimate of drug-likeness (QED) is 0.0693. The molecular weight excluding hydrogens is 991 g/mol. The van der Waals surface area contributed by atoms with E-state index >= 15 is 0 Å². The number of nitrogens with zero attached hydrogens (tertiary/aromatic N) is 5. The normalized spacial score (nSPS) is 23.2. The van der Waals surface area contributed by atoms with E-state index in [0.717, 1.165) is 95.4 Å². The Balaban J connectivity index is 0.855. The Kier molecular flexibility index (Phi) is 15.3. The average molecular weight is 1060 g/mol. The zero-order chi connectivity index (χ0) is 53.5. The van der Waals surface area contributed by atoms with E-state index < -0.39 is 32.4 Å². The van der Waals surface area contributed by atoms with Crippen molar-refractivity contribution in [3.8, 4) is 17.4 Å². The minimum atomic E-state index is -4.59. The maximum absolute atomic E-state index is 15.0. The van der Waals surface area contributed by atoms with Crippen LogP contribution in [-0.2, 0) is 23.0 Å². The number of benzene rings is 3. The largest absolute Gasteiger partial charge is 0.629 e. The van der Waals surface area contributed by atoms with Crippen LogP contribution in [0.2, 0.25) is 0 Å². The third kappa shape index (κ3) is 11.5. The van der Waals surface area contributed by atoms with Gasteiger partial charge < -0.3 is 35.1 Å². The van der Waals surface area contributed by atoms with Gasteiger partial charge in [0.1, 0.15) is 22.3 Å². The Bertz CT molecular complexity index is 3070. The molecule has 3 unspecified atom stereocenters. The second-order valence-corrected chi connectivity index (χ2v) is 24.1. The van der Waals surface area contributed by atoms with E-state index in [2.05, 4.69) is 72.8 Å². The Hall–Kier alpha value is -6.02. The van der Waals surface area contributed by atoms with Crippen LogP contribution < -0.4 is 29.5 Å². The average Bonchev–Trinajstić information content (AvgIpc) is 3.78. The number of ether oxygens (including phenoxy) is 2. The van der Waals surface area contributed by atoms with Crippen molar-refractivity contribution in [2.45, 2.75) is 107 Å². The summed E-state index contributed by atoms with van der Waals surface area (Å²) in [5, 5.41) is 26.0. The molecular formula is C58H70F2N8O7S. The molecule has 10 rings (SSSR count). The number of quaternary nitrogens is 1.